The third-order valence-electron chi connectivity index (χ3n) is 4.75. The van der Waals surface area contributed by atoms with Gasteiger partial charge in [-0.1, -0.05) is 19.0 Å². The van der Waals surface area contributed by atoms with Crippen LogP contribution < -0.4 is 10.6 Å². The van der Waals surface area contributed by atoms with Gasteiger partial charge >= 0.3 is 12.0 Å². The van der Waals surface area contributed by atoms with E-state index in [-0.39, 0.29) is 19.1 Å². The SMILES string of the molecule is CCOC(=O)c1ccc(NC(=O)N(CCN(CC)CC)CC(=O)Nc2cc(C)on2)cc1. The number of hydrogen-bond acceptors (Lipinski definition) is 7. The number of likely N-dealkylation sites (N-methyl/N-ethyl adjacent to an activating group) is 1. The molecule has 0 spiro atoms. The number of carbonyl (C=O) groups is 3. The van der Waals surface area contributed by atoms with Crippen LogP contribution in [0.1, 0.15) is 36.9 Å². The summed E-state index contributed by atoms with van der Waals surface area (Å²) in [4.78, 5) is 40.8. The third-order valence-corrected chi connectivity index (χ3v) is 4.75. The van der Waals surface area contributed by atoms with Crippen molar-refractivity contribution in [3.63, 3.8) is 0 Å². The van der Waals surface area contributed by atoms with Crippen molar-refractivity contribution in [2.75, 3.05) is 50.0 Å². The lowest BCUT2D eigenvalue weighted by Gasteiger charge is -2.26. The van der Waals surface area contributed by atoms with Crippen LogP contribution in [0.25, 0.3) is 0 Å². The molecule has 0 atom stereocenters. The average molecular weight is 446 g/mol. The molecule has 10 nitrogen and oxygen atoms in total. The number of aryl methyl sites for hydroxylation is 1. The molecule has 1 aromatic carbocycles. The molecule has 1 heterocycles. The van der Waals surface area contributed by atoms with E-state index >= 15 is 0 Å². The molecule has 10 heteroatoms. The topological polar surface area (TPSA) is 117 Å². The maximum Gasteiger partial charge on any atom is 0.338 e. The number of anilines is 2. The van der Waals surface area contributed by atoms with E-state index in [4.69, 9.17) is 9.26 Å². The molecule has 1 aromatic heterocycles. The molecule has 0 aliphatic carbocycles. The van der Waals surface area contributed by atoms with Gasteiger partial charge in [-0.25, -0.2) is 9.59 Å². The fourth-order valence-corrected chi connectivity index (χ4v) is 2.94. The highest BCUT2D eigenvalue weighted by Gasteiger charge is 2.19. The molecule has 0 unspecified atom stereocenters. The summed E-state index contributed by atoms with van der Waals surface area (Å²) in [7, 11) is 0. The summed E-state index contributed by atoms with van der Waals surface area (Å²) in [6, 6.07) is 7.56. The molecule has 2 aromatic rings. The zero-order valence-corrected chi connectivity index (χ0v) is 19.0. The van der Waals surface area contributed by atoms with Crippen molar-refractivity contribution in [1.82, 2.24) is 15.0 Å². The summed E-state index contributed by atoms with van der Waals surface area (Å²) in [5.74, 6) is 0.0606. The first-order valence-electron chi connectivity index (χ1n) is 10.6. The number of nitrogens with one attached hydrogen (secondary N) is 2. The van der Waals surface area contributed by atoms with Crippen molar-refractivity contribution >= 4 is 29.4 Å². The summed E-state index contributed by atoms with van der Waals surface area (Å²) < 4.78 is 9.91. The molecule has 32 heavy (non-hydrogen) atoms. The molecule has 0 bridgehead atoms. The number of carbonyl (C=O) groups excluding carboxylic acids is 3. The van der Waals surface area contributed by atoms with Crippen molar-refractivity contribution < 1.29 is 23.6 Å². The fourth-order valence-electron chi connectivity index (χ4n) is 2.94. The molecule has 2 N–H and O–H groups in total. The van der Waals surface area contributed by atoms with Gasteiger partial charge in [-0.05, 0) is 51.2 Å². The highest BCUT2D eigenvalue weighted by Crippen LogP contribution is 2.12. The minimum atomic E-state index is -0.425. The Labute approximate surface area is 187 Å². The summed E-state index contributed by atoms with van der Waals surface area (Å²) in [6.45, 7) is 10.3. The molecule has 0 saturated carbocycles. The Bertz CT molecular complexity index is 892. The maximum atomic E-state index is 12.9. The minimum absolute atomic E-state index is 0.153. The Kier molecular flexibility index (Phi) is 9.68. The molecule has 3 amide bonds. The van der Waals surface area contributed by atoms with Crippen LogP contribution in [0.3, 0.4) is 0 Å². The highest BCUT2D eigenvalue weighted by molar-refractivity contribution is 5.97. The Balaban J connectivity index is 2.04. The first kappa shape index (κ1) is 24.9. The summed E-state index contributed by atoms with van der Waals surface area (Å²) >= 11 is 0. The van der Waals surface area contributed by atoms with Gasteiger partial charge in [0, 0.05) is 24.8 Å². The lowest BCUT2D eigenvalue weighted by molar-refractivity contribution is -0.116. The number of aromatic nitrogens is 1. The quantitative estimate of drug-likeness (QED) is 0.511. The highest BCUT2D eigenvalue weighted by atomic mass is 16.5. The lowest BCUT2D eigenvalue weighted by atomic mass is 10.2. The standard InChI is InChI=1S/C22H31N5O5/c1-5-26(6-2)12-13-27(15-20(28)24-19-14-16(4)32-25-19)22(30)23-18-10-8-17(9-11-18)21(29)31-7-3/h8-11,14H,5-7,12-13,15H2,1-4H3,(H,23,30)(H,24,25,28). The molecule has 0 radical (unpaired) electrons. The first-order chi connectivity index (χ1) is 15.4. The van der Waals surface area contributed by atoms with Gasteiger partial charge in [0.1, 0.15) is 12.3 Å². The Morgan fingerprint density at radius 3 is 2.28 bits per heavy atom. The van der Waals surface area contributed by atoms with Crippen LogP contribution in [0.15, 0.2) is 34.9 Å². The van der Waals surface area contributed by atoms with Gasteiger partial charge in [-0.2, -0.15) is 0 Å². The zero-order valence-electron chi connectivity index (χ0n) is 19.0. The van der Waals surface area contributed by atoms with Gasteiger partial charge < -0.3 is 29.7 Å². The van der Waals surface area contributed by atoms with Gasteiger partial charge in [0.2, 0.25) is 5.91 Å². The van der Waals surface area contributed by atoms with Crippen molar-refractivity contribution in [1.29, 1.82) is 0 Å². The fraction of sp³-hybridized carbons (Fsp3) is 0.455. The van der Waals surface area contributed by atoms with Crippen LogP contribution in [0, 0.1) is 6.92 Å². The number of ether oxygens (including phenoxy) is 1. The molecule has 0 saturated heterocycles. The summed E-state index contributed by atoms with van der Waals surface area (Å²) in [5, 5.41) is 9.14. The lowest BCUT2D eigenvalue weighted by Crippen LogP contribution is -2.44. The van der Waals surface area contributed by atoms with E-state index in [1.165, 1.54) is 4.90 Å². The van der Waals surface area contributed by atoms with Gasteiger partial charge in [0.05, 0.1) is 12.2 Å². The Morgan fingerprint density at radius 1 is 1.03 bits per heavy atom. The van der Waals surface area contributed by atoms with Crippen LogP contribution >= 0.6 is 0 Å². The van der Waals surface area contributed by atoms with E-state index in [0.29, 0.717) is 35.9 Å². The van der Waals surface area contributed by atoms with Crippen molar-refractivity contribution in [3.8, 4) is 0 Å². The second-order valence-corrected chi connectivity index (χ2v) is 7.05. The first-order valence-corrected chi connectivity index (χ1v) is 10.6. The molecular formula is C22H31N5O5. The minimum Gasteiger partial charge on any atom is -0.462 e. The third kappa shape index (κ3) is 7.69. The molecular weight excluding hydrogens is 414 g/mol. The van der Waals surface area contributed by atoms with E-state index < -0.39 is 12.0 Å². The summed E-state index contributed by atoms with van der Waals surface area (Å²) in [6.07, 6.45) is 0. The Hall–Kier alpha value is -3.40. The van der Waals surface area contributed by atoms with Gasteiger partial charge in [-0.3, -0.25) is 4.79 Å². The molecule has 0 aliphatic rings. The predicted molar refractivity (Wildman–Crippen MR) is 121 cm³/mol. The van der Waals surface area contributed by atoms with E-state index in [0.717, 1.165) is 13.1 Å². The number of urea groups is 1. The normalized spacial score (nSPS) is 10.7. The van der Waals surface area contributed by atoms with E-state index in [2.05, 4.69) is 20.7 Å². The molecule has 0 aliphatic heterocycles. The van der Waals surface area contributed by atoms with Crippen LogP contribution in [0.5, 0.6) is 0 Å². The number of benzene rings is 1. The summed E-state index contributed by atoms with van der Waals surface area (Å²) in [5.41, 5.74) is 0.897. The number of esters is 1. The number of amides is 3. The van der Waals surface area contributed by atoms with E-state index in [9.17, 15) is 14.4 Å². The van der Waals surface area contributed by atoms with Crippen molar-refractivity contribution in [2.24, 2.45) is 0 Å². The molecule has 174 valence electrons. The van der Waals surface area contributed by atoms with E-state index in [1.54, 1.807) is 44.2 Å². The van der Waals surface area contributed by atoms with Crippen molar-refractivity contribution in [3.05, 3.63) is 41.7 Å². The van der Waals surface area contributed by atoms with Crippen LogP contribution in [-0.2, 0) is 9.53 Å². The zero-order chi connectivity index (χ0) is 23.5. The smallest absolute Gasteiger partial charge is 0.338 e. The maximum absolute atomic E-state index is 12.9. The molecule has 2 rings (SSSR count). The van der Waals surface area contributed by atoms with Crippen LogP contribution in [-0.4, -0.2) is 72.2 Å². The average Bonchev–Trinajstić information content (AvgIpc) is 3.18. The van der Waals surface area contributed by atoms with Crippen LogP contribution in [0.2, 0.25) is 0 Å². The van der Waals surface area contributed by atoms with E-state index in [1.807, 2.05) is 13.8 Å². The molecule has 0 fully saturated rings. The largest absolute Gasteiger partial charge is 0.462 e. The van der Waals surface area contributed by atoms with Crippen molar-refractivity contribution in [2.45, 2.75) is 27.7 Å². The van der Waals surface area contributed by atoms with Gasteiger partial charge in [0.25, 0.3) is 0 Å². The predicted octanol–water partition coefficient (Wildman–Crippen LogP) is 2.97. The Morgan fingerprint density at radius 2 is 1.72 bits per heavy atom. The number of nitrogens with zero attached hydrogens (tertiary/aromatic N) is 3. The monoisotopic (exact) mass is 445 g/mol. The number of hydrogen-bond donors (Lipinski definition) is 2. The van der Waals surface area contributed by atoms with Crippen LogP contribution in [0.4, 0.5) is 16.3 Å². The second-order valence-electron chi connectivity index (χ2n) is 7.05. The number of rotatable bonds is 11. The van der Waals surface area contributed by atoms with Gasteiger partial charge in [-0.15, -0.1) is 0 Å². The van der Waals surface area contributed by atoms with Gasteiger partial charge in [0.15, 0.2) is 5.82 Å². The second kappa shape index (κ2) is 12.5.